The smallest absolute Gasteiger partial charge is 0.351 e. The molecule has 49 heavy (non-hydrogen) atoms. The van der Waals surface area contributed by atoms with E-state index in [4.69, 9.17) is 0 Å². The van der Waals surface area contributed by atoms with Gasteiger partial charge in [0.15, 0.2) is 0 Å². The maximum atomic E-state index is 14.0. The molecule has 0 saturated carbocycles. The summed E-state index contributed by atoms with van der Waals surface area (Å²) in [6.07, 6.45) is -8.91. The maximum Gasteiger partial charge on any atom is 0.416 e. The Balaban J connectivity index is 1.22. The molecule has 0 bridgehead atoms. The molecule has 0 unspecified atom stereocenters. The number of alkyl halides is 6. The van der Waals surface area contributed by atoms with Crippen LogP contribution in [0.2, 0.25) is 0 Å². The molecule has 6 rings (SSSR count). The van der Waals surface area contributed by atoms with Crippen molar-refractivity contribution >= 4 is 23.4 Å². The number of likely N-dealkylation sites (tertiary alicyclic amines) is 2. The molecule has 3 aliphatic rings. The van der Waals surface area contributed by atoms with Gasteiger partial charge in [-0.05, 0) is 53.8 Å². The average Bonchev–Trinajstić information content (AvgIpc) is 3.54. The lowest BCUT2D eigenvalue weighted by Gasteiger charge is -2.45. The molecule has 2 fully saturated rings. The van der Waals surface area contributed by atoms with Gasteiger partial charge >= 0.3 is 18.4 Å². The van der Waals surface area contributed by atoms with Crippen molar-refractivity contribution in [3.8, 4) is 0 Å². The van der Waals surface area contributed by atoms with Gasteiger partial charge in [-0.2, -0.15) is 26.3 Å². The van der Waals surface area contributed by atoms with Gasteiger partial charge in [-0.25, -0.2) is 4.79 Å². The number of urea groups is 1. The molecule has 3 heterocycles. The number of nitrogens with zero attached hydrogens (tertiary/aromatic N) is 3. The van der Waals surface area contributed by atoms with E-state index in [1.807, 2.05) is 48.5 Å². The minimum atomic E-state index is -5.08. The van der Waals surface area contributed by atoms with E-state index >= 15 is 0 Å². The molecule has 3 aromatic carbocycles. The molecule has 258 valence electrons. The Morgan fingerprint density at radius 2 is 1.45 bits per heavy atom. The van der Waals surface area contributed by atoms with E-state index in [-0.39, 0.29) is 36.5 Å². The molecular weight excluding hydrogens is 650 g/mol. The highest BCUT2D eigenvalue weighted by molar-refractivity contribution is 6.18. The van der Waals surface area contributed by atoms with Crippen molar-refractivity contribution in [2.45, 2.75) is 42.6 Å². The molecule has 4 amide bonds. The van der Waals surface area contributed by atoms with E-state index in [0.717, 1.165) is 11.1 Å². The summed E-state index contributed by atoms with van der Waals surface area (Å²) in [4.78, 5) is 44.8. The summed E-state index contributed by atoms with van der Waals surface area (Å²) in [5.41, 5.74) is -2.09. The number of hydrogen-bond acceptors (Lipinski definition) is 3. The second-order valence-corrected chi connectivity index (χ2v) is 13.0. The molecule has 3 aromatic rings. The third-order valence-corrected chi connectivity index (χ3v) is 10.1. The summed E-state index contributed by atoms with van der Waals surface area (Å²) in [5, 5.41) is 2.98. The first-order valence-corrected chi connectivity index (χ1v) is 15.8. The van der Waals surface area contributed by atoms with Gasteiger partial charge in [0.2, 0.25) is 0 Å². The number of likely N-dealkylation sites (N-methyl/N-ethyl adjacent to an activating group) is 1. The lowest BCUT2D eigenvalue weighted by Crippen LogP contribution is -2.55. The van der Waals surface area contributed by atoms with Crippen molar-refractivity contribution in [1.29, 1.82) is 0 Å². The number of fused-ring (bicyclic) bond motifs is 2. The molecular formula is C36H34F6N4O3. The summed E-state index contributed by atoms with van der Waals surface area (Å²) in [7, 11) is 1.42. The van der Waals surface area contributed by atoms with Crippen molar-refractivity contribution in [2.75, 3.05) is 39.8 Å². The zero-order valence-electron chi connectivity index (χ0n) is 26.6. The lowest BCUT2D eigenvalue weighted by molar-refractivity contribution is -0.143. The lowest BCUT2D eigenvalue weighted by atomic mass is 9.69. The summed E-state index contributed by atoms with van der Waals surface area (Å²) in [6, 6.07) is 16.7. The normalized spacial score (nSPS) is 20.5. The first-order chi connectivity index (χ1) is 23.1. The molecule has 2 saturated heterocycles. The van der Waals surface area contributed by atoms with E-state index in [0.29, 0.717) is 50.2 Å². The molecule has 0 aliphatic carbocycles. The number of nitrogens with one attached hydrogen (secondary N) is 1. The number of rotatable bonds is 4. The topological polar surface area (TPSA) is 73.0 Å². The third-order valence-electron chi connectivity index (χ3n) is 10.1. The minimum absolute atomic E-state index is 0.00234. The van der Waals surface area contributed by atoms with Crippen molar-refractivity contribution in [3.05, 3.63) is 113 Å². The minimum Gasteiger partial charge on any atom is -0.351 e. The highest BCUT2D eigenvalue weighted by atomic mass is 19.4. The maximum absolute atomic E-state index is 14.0. The number of halogens is 6. The van der Waals surface area contributed by atoms with Crippen LogP contribution in [0.25, 0.3) is 5.57 Å². The first-order valence-electron chi connectivity index (χ1n) is 15.8. The van der Waals surface area contributed by atoms with E-state index in [1.54, 1.807) is 15.9 Å². The number of hydrogen-bond donors (Lipinski definition) is 1. The van der Waals surface area contributed by atoms with E-state index in [9.17, 15) is 40.7 Å². The SMILES string of the molecule is C=C(C(=O)N(C)[C@@H]1CN(C(=O)N2CCC3(CC2)CNC(=O)c2ccccc23)C[C@H]1c1ccccc1)c1cc(C(F)(F)F)cc(C(F)(F)F)c1. The van der Waals surface area contributed by atoms with Crippen LogP contribution in [0.15, 0.2) is 79.4 Å². The van der Waals surface area contributed by atoms with Gasteiger partial charge in [0.25, 0.3) is 11.8 Å². The third kappa shape index (κ3) is 6.50. The fraction of sp³-hybridized carbons (Fsp3) is 0.361. The fourth-order valence-electron chi connectivity index (χ4n) is 7.33. The quantitative estimate of drug-likeness (QED) is 0.250. The molecule has 1 spiro atoms. The summed E-state index contributed by atoms with van der Waals surface area (Å²) in [6.45, 7) is 5.27. The Morgan fingerprint density at radius 3 is 2.06 bits per heavy atom. The second kappa shape index (κ2) is 12.6. The van der Waals surface area contributed by atoms with Gasteiger partial charge in [0.1, 0.15) is 0 Å². The molecule has 13 heteroatoms. The van der Waals surface area contributed by atoms with Crippen LogP contribution in [0.3, 0.4) is 0 Å². The second-order valence-electron chi connectivity index (χ2n) is 13.0. The highest BCUT2D eigenvalue weighted by Crippen LogP contribution is 2.41. The number of carbonyl (C=O) groups is 3. The first kappa shape index (κ1) is 34.1. The van der Waals surface area contributed by atoms with Crippen molar-refractivity contribution in [1.82, 2.24) is 20.0 Å². The number of piperidine rings is 1. The Morgan fingerprint density at radius 1 is 0.857 bits per heavy atom. The van der Waals surface area contributed by atoms with Gasteiger partial charge in [0, 0.05) is 62.2 Å². The predicted molar refractivity (Wildman–Crippen MR) is 169 cm³/mol. The number of carbonyl (C=O) groups excluding carboxylic acids is 3. The summed E-state index contributed by atoms with van der Waals surface area (Å²) < 4.78 is 81.3. The predicted octanol–water partition coefficient (Wildman–Crippen LogP) is 6.56. The monoisotopic (exact) mass is 684 g/mol. The standard InChI is InChI=1S/C36H34F6N4O3/c1-22(24-16-25(35(37,38)39)18-26(17-24)36(40,41)42)32(48)44(2)30-20-46(19-28(30)23-8-4-3-5-9-23)33(49)45-14-12-34(13-15-45)21-43-31(47)27-10-6-7-11-29(27)34/h3-11,16-18,28,30H,1,12-15,19-21H2,2H3,(H,43,47)/t28-,30+/m0/s1. The van der Waals surface area contributed by atoms with Crippen LogP contribution in [0.5, 0.6) is 0 Å². The molecule has 0 radical (unpaired) electrons. The highest BCUT2D eigenvalue weighted by Gasteiger charge is 2.46. The number of amides is 4. The van der Waals surface area contributed by atoms with Crippen LogP contribution < -0.4 is 5.32 Å². The molecule has 2 atom stereocenters. The van der Waals surface area contributed by atoms with E-state index in [1.165, 1.54) is 11.9 Å². The zero-order chi connectivity index (χ0) is 35.3. The summed E-state index contributed by atoms with van der Waals surface area (Å²) >= 11 is 0. The van der Waals surface area contributed by atoms with E-state index in [2.05, 4.69) is 11.9 Å². The Hall–Kier alpha value is -4.81. The zero-order valence-corrected chi connectivity index (χ0v) is 26.6. The Labute approximate surface area is 279 Å². The van der Waals surface area contributed by atoms with Crippen molar-refractivity contribution in [3.63, 3.8) is 0 Å². The Kier molecular flexibility index (Phi) is 8.74. The molecule has 3 aliphatic heterocycles. The van der Waals surface area contributed by atoms with Crippen molar-refractivity contribution < 1.29 is 40.7 Å². The van der Waals surface area contributed by atoms with Crippen LogP contribution in [0, 0.1) is 0 Å². The molecule has 0 aromatic heterocycles. The molecule has 7 nitrogen and oxygen atoms in total. The van der Waals surface area contributed by atoms with Gasteiger partial charge < -0.3 is 20.0 Å². The van der Waals surface area contributed by atoms with Gasteiger partial charge in [-0.3, -0.25) is 9.59 Å². The van der Waals surface area contributed by atoms with E-state index < -0.39 is 52.5 Å². The van der Waals surface area contributed by atoms with Crippen LogP contribution >= 0.6 is 0 Å². The van der Waals surface area contributed by atoms with Gasteiger partial charge in [-0.15, -0.1) is 0 Å². The largest absolute Gasteiger partial charge is 0.416 e. The van der Waals surface area contributed by atoms with Crippen LogP contribution in [0.4, 0.5) is 31.1 Å². The van der Waals surface area contributed by atoms with Crippen LogP contribution in [0.1, 0.15) is 56.9 Å². The Bertz CT molecular complexity index is 1750. The van der Waals surface area contributed by atoms with Gasteiger partial charge in [-0.1, -0.05) is 55.1 Å². The van der Waals surface area contributed by atoms with Crippen LogP contribution in [-0.2, 0) is 22.6 Å². The van der Waals surface area contributed by atoms with Gasteiger partial charge in [0.05, 0.1) is 17.2 Å². The van der Waals surface area contributed by atoms with Crippen LogP contribution in [-0.4, -0.2) is 78.4 Å². The number of benzene rings is 3. The fourth-order valence-corrected chi connectivity index (χ4v) is 7.33. The molecule has 1 N–H and O–H groups in total. The van der Waals surface area contributed by atoms with Crippen molar-refractivity contribution in [2.24, 2.45) is 0 Å². The summed E-state index contributed by atoms with van der Waals surface area (Å²) in [5.74, 6) is -1.37. The average molecular weight is 685 g/mol.